The van der Waals surface area contributed by atoms with Crippen LogP contribution in [0.2, 0.25) is 0 Å². The number of ether oxygens (including phenoxy) is 1. The first-order valence-corrected chi connectivity index (χ1v) is 7.16. The molecule has 0 amide bonds. The second-order valence-electron chi connectivity index (χ2n) is 5.58. The molecule has 100 valence electrons. The lowest BCUT2D eigenvalue weighted by atomic mass is 9.94. The molecule has 2 N–H and O–H groups in total. The van der Waals surface area contributed by atoms with E-state index < -0.39 is 0 Å². The van der Waals surface area contributed by atoms with E-state index in [-0.39, 0.29) is 12.1 Å². The van der Waals surface area contributed by atoms with Gasteiger partial charge in [0.05, 0.1) is 0 Å². The standard InChI is InChI=1S/C16H25NO/c1-12-9-10-15(13(2)11-12)18-16-8-6-4-3-5-7-14(16)17/h9-11,14,16H,3-8,17H2,1-2H3. The third kappa shape index (κ3) is 3.49. The summed E-state index contributed by atoms with van der Waals surface area (Å²) in [4.78, 5) is 0. The van der Waals surface area contributed by atoms with Crippen molar-refractivity contribution in [3.63, 3.8) is 0 Å². The lowest BCUT2D eigenvalue weighted by molar-refractivity contribution is 0.144. The third-order valence-electron chi connectivity index (χ3n) is 3.86. The maximum absolute atomic E-state index is 6.25. The quantitative estimate of drug-likeness (QED) is 0.864. The van der Waals surface area contributed by atoms with Crippen molar-refractivity contribution < 1.29 is 4.74 Å². The number of hydrogen-bond acceptors (Lipinski definition) is 2. The van der Waals surface area contributed by atoms with Crippen molar-refractivity contribution in [2.75, 3.05) is 0 Å². The first-order valence-electron chi connectivity index (χ1n) is 7.16. The van der Waals surface area contributed by atoms with E-state index in [9.17, 15) is 0 Å². The van der Waals surface area contributed by atoms with Gasteiger partial charge in [0.2, 0.25) is 0 Å². The Morgan fingerprint density at radius 2 is 1.78 bits per heavy atom. The fourth-order valence-electron chi connectivity index (χ4n) is 2.72. The molecular weight excluding hydrogens is 222 g/mol. The van der Waals surface area contributed by atoms with E-state index in [1.807, 2.05) is 0 Å². The van der Waals surface area contributed by atoms with Crippen molar-refractivity contribution >= 4 is 0 Å². The number of benzene rings is 1. The van der Waals surface area contributed by atoms with Crippen molar-refractivity contribution in [2.45, 2.75) is 64.5 Å². The number of nitrogens with two attached hydrogens (primary N) is 1. The van der Waals surface area contributed by atoms with Gasteiger partial charge in [-0.05, 0) is 44.7 Å². The van der Waals surface area contributed by atoms with Gasteiger partial charge in [-0.3, -0.25) is 0 Å². The lowest BCUT2D eigenvalue weighted by Crippen LogP contribution is -2.39. The Bertz CT molecular complexity index is 389. The fraction of sp³-hybridized carbons (Fsp3) is 0.625. The molecule has 18 heavy (non-hydrogen) atoms. The van der Waals surface area contributed by atoms with E-state index in [0.29, 0.717) is 0 Å². The van der Waals surface area contributed by atoms with E-state index in [0.717, 1.165) is 18.6 Å². The Kier molecular flexibility index (Phi) is 4.65. The second kappa shape index (κ2) is 6.24. The molecule has 2 rings (SSSR count). The first kappa shape index (κ1) is 13.4. The van der Waals surface area contributed by atoms with Crippen LogP contribution in [0.25, 0.3) is 0 Å². The minimum absolute atomic E-state index is 0.186. The van der Waals surface area contributed by atoms with E-state index in [4.69, 9.17) is 10.5 Å². The van der Waals surface area contributed by atoms with Gasteiger partial charge in [0, 0.05) is 6.04 Å². The van der Waals surface area contributed by atoms with Crippen LogP contribution in [0.4, 0.5) is 0 Å². The summed E-state index contributed by atoms with van der Waals surface area (Å²) in [5.41, 5.74) is 8.74. The fourth-order valence-corrected chi connectivity index (χ4v) is 2.72. The van der Waals surface area contributed by atoms with Gasteiger partial charge in [-0.2, -0.15) is 0 Å². The minimum Gasteiger partial charge on any atom is -0.489 e. The Labute approximate surface area is 111 Å². The van der Waals surface area contributed by atoms with Gasteiger partial charge < -0.3 is 10.5 Å². The average Bonchev–Trinajstić information content (AvgIpc) is 2.31. The molecule has 0 saturated heterocycles. The second-order valence-corrected chi connectivity index (χ2v) is 5.58. The van der Waals surface area contributed by atoms with Crippen molar-refractivity contribution in [3.05, 3.63) is 29.3 Å². The first-order chi connectivity index (χ1) is 8.66. The van der Waals surface area contributed by atoms with E-state index in [1.54, 1.807) is 0 Å². The molecule has 2 unspecified atom stereocenters. The molecule has 1 aromatic carbocycles. The summed E-state index contributed by atoms with van der Waals surface area (Å²) in [5.74, 6) is 1.00. The van der Waals surface area contributed by atoms with Crippen LogP contribution >= 0.6 is 0 Å². The zero-order valence-corrected chi connectivity index (χ0v) is 11.6. The van der Waals surface area contributed by atoms with E-state index >= 15 is 0 Å². The summed E-state index contributed by atoms with van der Waals surface area (Å²) < 4.78 is 6.16. The zero-order valence-electron chi connectivity index (χ0n) is 11.6. The van der Waals surface area contributed by atoms with Crippen molar-refractivity contribution in [3.8, 4) is 5.75 Å². The van der Waals surface area contributed by atoms with Crippen LogP contribution in [0.15, 0.2) is 18.2 Å². The summed E-state index contributed by atoms with van der Waals surface area (Å²) in [6.07, 6.45) is 7.50. The predicted octanol–water partition coefficient (Wildman–Crippen LogP) is 3.73. The molecule has 0 heterocycles. The van der Waals surface area contributed by atoms with E-state index in [1.165, 1.54) is 36.8 Å². The van der Waals surface area contributed by atoms with Crippen LogP contribution in [0.5, 0.6) is 5.75 Å². The van der Waals surface area contributed by atoms with Gasteiger partial charge in [-0.25, -0.2) is 0 Å². The van der Waals surface area contributed by atoms with Gasteiger partial charge in [0.15, 0.2) is 0 Å². The average molecular weight is 247 g/mol. The Balaban J connectivity index is 2.05. The van der Waals surface area contributed by atoms with Crippen LogP contribution in [0.3, 0.4) is 0 Å². The molecule has 0 radical (unpaired) electrons. The lowest BCUT2D eigenvalue weighted by Gasteiger charge is -2.27. The molecule has 2 heteroatoms. The Hall–Kier alpha value is -1.02. The molecule has 1 saturated carbocycles. The Morgan fingerprint density at radius 1 is 1.06 bits per heavy atom. The predicted molar refractivity (Wildman–Crippen MR) is 76.0 cm³/mol. The summed E-state index contributed by atoms with van der Waals surface area (Å²) in [6, 6.07) is 6.54. The Morgan fingerprint density at radius 3 is 2.50 bits per heavy atom. The van der Waals surface area contributed by atoms with Gasteiger partial charge in [-0.15, -0.1) is 0 Å². The maximum Gasteiger partial charge on any atom is 0.122 e. The molecule has 0 aromatic heterocycles. The SMILES string of the molecule is Cc1ccc(OC2CCCCCCC2N)c(C)c1. The van der Waals surface area contributed by atoms with Crippen molar-refractivity contribution in [2.24, 2.45) is 5.73 Å². The smallest absolute Gasteiger partial charge is 0.122 e. The van der Waals surface area contributed by atoms with Crippen LogP contribution in [-0.4, -0.2) is 12.1 Å². The van der Waals surface area contributed by atoms with Crippen LogP contribution in [-0.2, 0) is 0 Å². The van der Waals surface area contributed by atoms with Gasteiger partial charge >= 0.3 is 0 Å². The summed E-state index contributed by atoms with van der Waals surface area (Å²) in [6.45, 7) is 4.22. The molecule has 1 aliphatic carbocycles. The number of rotatable bonds is 2. The number of aryl methyl sites for hydroxylation is 2. The zero-order chi connectivity index (χ0) is 13.0. The van der Waals surface area contributed by atoms with Crippen LogP contribution in [0, 0.1) is 13.8 Å². The monoisotopic (exact) mass is 247 g/mol. The van der Waals surface area contributed by atoms with Gasteiger partial charge in [0.25, 0.3) is 0 Å². The molecule has 1 aromatic rings. The molecule has 2 atom stereocenters. The maximum atomic E-state index is 6.25. The molecule has 0 bridgehead atoms. The highest BCUT2D eigenvalue weighted by molar-refractivity contribution is 5.35. The van der Waals surface area contributed by atoms with Gasteiger partial charge in [0.1, 0.15) is 11.9 Å². The molecular formula is C16H25NO. The van der Waals surface area contributed by atoms with Crippen LogP contribution < -0.4 is 10.5 Å². The molecule has 1 fully saturated rings. The van der Waals surface area contributed by atoms with Crippen molar-refractivity contribution in [1.82, 2.24) is 0 Å². The molecule has 0 spiro atoms. The van der Waals surface area contributed by atoms with E-state index in [2.05, 4.69) is 32.0 Å². The highest BCUT2D eigenvalue weighted by Crippen LogP contribution is 2.25. The largest absolute Gasteiger partial charge is 0.489 e. The summed E-state index contributed by atoms with van der Waals surface area (Å²) in [7, 11) is 0. The highest BCUT2D eigenvalue weighted by atomic mass is 16.5. The molecule has 0 aliphatic heterocycles. The minimum atomic E-state index is 0.186. The summed E-state index contributed by atoms with van der Waals surface area (Å²) >= 11 is 0. The molecule has 1 aliphatic rings. The summed E-state index contributed by atoms with van der Waals surface area (Å²) in [5, 5.41) is 0. The molecule has 2 nitrogen and oxygen atoms in total. The normalized spacial score (nSPS) is 25.3. The van der Waals surface area contributed by atoms with Gasteiger partial charge in [-0.1, -0.05) is 37.0 Å². The van der Waals surface area contributed by atoms with Crippen LogP contribution in [0.1, 0.15) is 49.7 Å². The number of hydrogen-bond donors (Lipinski definition) is 1. The third-order valence-corrected chi connectivity index (χ3v) is 3.86. The topological polar surface area (TPSA) is 35.2 Å². The highest BCUT2D eigenvalue weighted by Gasteiger charge is 2.21. The van der Waals surface area contributed by atoms with Crippen molar-refractivity contribution in [1.29, 1.82) is 0 Å².